The number of rotatable bonds is 5. The van der Waals surface area contributed by atoms with Gasteiger partial charge in [-0.15, -0.1) is 0 Å². The molecular formula is C32H50O2. The van der Waals surface area contributed by atoms with E-state index in [0.29, 0.717) is 33.5 Å². The van der Waals surface area contributed by atoms with Crippen LogP contribution in [0.25, 0.3) is 0 Å². The van der Waals surface area contributed by atoms with Gasteiger partial charge >= 0.3 is 5.97 Å². The van der Waals surface area contributed by atoms with Gasteiger partial charge in [-0.2, -0.15) is 0 Å². The summed E-state index contributed by atoms with van der Waals surface area (Å²) in [5.41, 5.74) is 5.19. The number of fused-ring (bicyclic) bond motifs is 2. The molecule has 0 heterocycles. The van der Waals surface area contributed by atoms with E-state index in [1.165, 1.54) is 63.4 Å². The van der Waals surface area contributed by atoms with Crippen molar-refractivity contribution in [2.45, 2.75) is 126 Å². The lowest BCUT2D eigenvalue weighted by atomic mass is 9.41. The molecule has 4 saturated carbocycles. The maximum atomic E-state index is 11.8. The zero-order valence-corrected chi connectivity index (χ0v) is 23.4. The summed E-state index contributed by atoms with van der Waals surface area (Å²) in [6.45, 7) is 18.7. The lowest BCUT2D eigenvalue weighted by Crippen LogP contribution is -2.57. The number of esters is 1. The van der Waals surface area contributed by atoms with Gasteiger partial charge in [0.1, 0.15) is 6.10 Å². The van der Waals surface area contributed by atoms with E-state index in [0.717, 1.165) is 12.3 Å². The molecule has 34 heavy (non-hydrogen) atoms. The molecule has 2 nitrogen and oxygen atoms in total. The second-order valence-electron chi connectivity index (χ2n) is 14.5. The molecule has 190 valence electrons. The van der Waals surface area contributed by atoms with E-state index >= 15 is 0 Å². The van der Waals surface area contributed by atoms with Crippen LogP contribution in [0.1, 0.15) is 120 Å². The van der Waals surface area contributed by atoms with Crippen molar-refractivity contribution in [1.82, 2.24) is 0 Å². The molecule has 6 unspecified atom stereocenters. The SMILES string of the molecule is CC(=O)OC1CCC23CC24CCC2(C)C(C(C)CCC=C(C)C)=CC[C@@]2(C)C4CC[C@H]3C1(C)C. The van der Waals surface area contributed by atoms with Gasteiger partial charge in [-0.25, -0.2) is 0 Å². The Morgan fingerprint density at radius 2 is 1.71 bits per heavy atom. The minimum atomic E-state index is -0.0996. The van der Waals surface area contributed by atoms with Crippen molar-refractivity contribution >= 4 is 5.97 Å². The van der Waals surface area contributed by atoms with Crippen LogP contribution in [0, 0.1) is 44.8 Å². The van der Waals surface area contributed by atoms with Crippen LogP contribution in [-0.4, -0.2) is 12.1 Å². The van der Waals surface area contributed by atoms with Gasteiger partial charge in [-0.1, -0.05) is 57.9 Å². The Morgan fingerprint density at radius 3 is 2.38 bits per heavy atom. The minimum absolute atomic E-state index is 0.0958. The summed E-state index contributed by atoms with van der Waals surface area (Å²) in [5, 5.41) is 0. The fourth-order valence-corrected chi connectivity index (χ4v) is 10.8. The third-order valence-electron chi connectivity index (χ3n) is 12.6. The fourth-order valence-electron chi connectivity index (χ4n) is 10.8. The maximum Gasteiger partial charge on any atom is 0.302 e. The predicted molar refractivity (Wildman–Crippen MR) is 140 cm³/mol. The summed E-state index contributed by atoms with van der Waals surface area (Å²) >= 11 is 0. The zero-order valence-electron chi connectivity index (χ0n) is 23.4. The molecule has 8 atom stereocenters. The predicted octanol–water partition coefficient (Wildman–Crippen LogP) is 8.66. The number of hydrogen-bond donors (Lipinski definition) is 0. The van der Waals surface area contributed by atoms with E-state index in [1.54, 1.807) is 12.5 Å². The van der Waals surface area contributed by atoms with E-state index in [4.69, 9.17) is 4.74 Å². The molecule has 0 radical (unpaired) electrons. The van der Waals surface area contributed by atoms with Crippen molar-refractivity contribution in [3.63, 3.8) is 0 Å². The molecule has 0 N–H and O–H groups in total. The molecule has 5 aliphatic rings. The van der Waals surface area contributed by atoms with Crippen molar-refractivity contribution < 1.29 is 9.53 Å². The van der Waals surface area contributed by atoms with Gasteiger partial charge < -0.3 is 4.74 Å². The van der Waals surface area contributed by atoms with Crippen LogP contribution in [0.5, 0.6) is 0 Å². The first-order valence-electron chi connectivity index (χ1n) is 14.4. The first kappa shape index (κ1) is 24.6. The Morgan fingerprint density at radius 1 is 1.03 bits per heavy atom. The average molecular weight is 467 g/mol. The van der Waals surface area contributed by atoms with Crippen molar-refractivity contribution in [3.8, 4) is 0 Å². The number of ether oxygens (including phenoxy) is 1. The monoisotopic (exact) mass is 466 g/mol. The summed E-state index contributed by atoms with van der Waals surface area (Å²) in [5.74, 6) is 2.16. The second kappa shape index (κ2) is 7.72. The lowest BCUT2D eigenvalue weighted by molar-refractivity contribution is -0.177. The maximum absolute atomic E-state index is 11.8. The molecular weight excluding hydrogens is 416 g/mol. The zero-order chi connectivity index (χ0) is 24.7. The van der Waals surface area contributed by atoms with Crippen molar-refractivity contribution in [1.29, 1.82) is 0 Å². The third-order valence-corrected chi connectivity index (χ3v) is 12.6. The molecule has 2 spiro atoms. The number of carbonyl (C=O) groups is 1. The average Bonchev–Trinajstić information content (AvgIpc) is 3.32. The molecule has 0 aromatic heterocycles. The highest BCUT2D eigenvalue weighted by Crippen LogP contribution is 2.88. The largest absolute Gasteiger partial charge is 0.462 e. The molecule has 0 saturated heterocycles. The topological polar surface area (TPSA) is 26.3 Å². The Balaban J connectivity index is 1.39. The summed E-state index contributed by atoms with van der Waals surface area (Å²) < 4.78 is 5.89. The van der Waals surface area contributed by atoms with Crippen LogP contribution >= 0.6 is 0 Å². The molecule has 0 aliphatic heterocycles. The van der Waals surface area contributed by atoms with E-state index in [9.17, 15) is 4.79 Å². The van der Waals surface area contributed by atoms with Gasteiger partial charge in [0.15, 0.2) is 0 Å². The second-order valence-corrected chi connectivity index (χ2v) is 14.5. The minimum Gasteiger partial charge on any atom is -0.462 e. The van der Waals surface area contributed by atoms with Crippen molar-refractivity contribution in [2.24, 2.45) is 44.8 Å². The molecule has 0 bridgehead atoms. The summed E-state index contributed by atoms with van der Waals surface area (Å²) in [7, 11) is 0. The quantitative estimate of drug-likeness (QED) is 0.299. The van der Waals surface area contributed by atoms with Crippen LogP contribution in [0.2, 0.25) is 0 Å². The Labute approximate surface area is 209 Å². The number of hydrogen-bond acceptors (Lipinski definition) is 2. The van der Waals surface area contributed by atoms with Gasteiger partial charge in [-0.05, 0) is 117 Å². The van der Waals surface area contributed by atoms with Crippen LogP contribution in [0.15, 0.2) is 23.3 Å². The van der Waals surface area contributed by atoms with Crippen LogP contribution in [0.3, 0.4) is 0 Å². The van der Waals surface area contributed by atoms with Crippen LogP contribution < -0.4 is 0 Å². The standard InChI is InChI=1S/C32H50O2/c1-21(2)10-9-11-22(3)24-14-16-30(8)26-13-12-25-28(5,6)27(34-23(4)33)15-17-31(25)20-32(26,31)19-18-29(24,30)7/h10,14,22,25-27H,9,11-13,15-20H2,1-8H3/t22?,25-,26?,27?,29?,30-,31?,32?/m0/s1. The first-order chi connectivity index (χ1) is 15.8. The van der Waals surface area contributed by atoms with Crippen LogP contribution in [-0.2, 0) is 9.53 Å². The molecule has 4 fully saturated rings. The number of allylic oxidation sites excluding steroid dienone is 4. The van der Waals surface area contributed by atoms with E-state index in [1.807, 2.05) is 0 Å². The Bertz CT molecular complexity index is 921. The molecule has 0 amide bonds. The van der Waals surface area contributed by atoms with E-state index in [-0.39, 0.29) is 17.5 Å². The summed E-state index contributed by atoms with van der Waals surface area (Å²) in [6.07, 6.45) is 18.3. The van der Waals surface area contributed by atoms with Gasteiger partial charge in [-0.3, -0.25) is 4.79 Å². The first-order valence-corrected chi connectivity index (χ1v) is 14.4. The van der Waals surface area contributed by atoms with Gasteiger partial charge in [0.25, 0.3) is 0 Å². The number of carbonyl (C=O) groups excluding carboxylic acids is 1. The highest BCUT2D eigenvalue weighted by molar-refractivity contribution is 5.66. The van der Waals surface area contributed by atoms with E-state index in [2.05, 4.69) is 60.6 Å². The van der Waals surface area contributed by atoms with Gasteiger partial charge in [0.2, 0.25) is 0 Å². The summed E-state index contributed by atoms with van der Waals surface area (Å²) in [6, 6.07) is 0. The van der Waals surface area contributed by atoms with Gasteiger partial charge in [0.05, 0.1) is 0 Å². The Hall–Kier alpha value is -1.05. The van der Waals surface area contributed by atoms with Crippen molar-refractivity contribution in [3.05, 3.63) is 23.3 Å². The molecule has 5 aliphatic carbocycles. The lowest BCUT2D eigenvalue weighted by Gasteiger charge is -2.63. The highest BCUT2D eigenvalue weighted by atomic mass is 16.5. The Kier molecular flexibility index (Phi) is 5.60. The molecule has 0 aromatic rings. The van der Waals surface area contributed by atoms with E-state index < -0.39 is 0 Å². The molecule has 5 rings (SSSR count). The summed E-state index contributed by atoms with van der Waals surface area (Å²) in [4.78, 5) is 11.8. The highest BCUT2D eigenvalue weighted by Gasteiger charge is 2.81. The fraction of sp³-hybridized carbons (Fsp3) is 0.844. The van der Waals surface area contributed by atoms with Crippen LogP contribution in [0.4, 0.5) is 0 Å². The van der Waals surface area contributed by atoms with Crippen molar-refractivity contribution in [2.75, 3.05) is 0 Å². The third kappa shape index (κ3) is 3.08. The molecule has 0 aromatic carbocycles. The normalized spacial score (nSPS) is 46.7. The van der Waals surface area contributed by atoms with Gasteiger partial charge in [0, 0.05) is 12.3 Å². The smallest absolute Gasteiger partial charge is 0.302 e. The molecule has 2 heteroatoms.